The first-order valence-corrected chi connectivity index (χ1v) is 36.0. The van der Waals surface area contributed by atoms with Crippen LogP contribution in [0.4, 0.5) is 22.7 Å². The van der Waals surface area contributed by atoms with E-state index in [1.165, 1.54) is 45.0 Å². The predicted octanol–water partition coefficient (Wildman–Crippen LogP) is 16.2. The van der Waals surface area contributed by atoms with Gasteiger partial charge >= 0.3 is 0 Å². The molecule has 16 heteroatoms. The van der Waals surface area contributed by atoms with Crippen LogP contribution in [0.15, 0.2) is 189 Å². The second kappa shape index (κ2) is 27.7. The third-order valence-electron chi connectivity index (χ3n) is 19.2. The molecule has 0 bridgehead atoms. The van der Waals surface area contributed by atoms with Gasteiger partial charge in [0.25, 0.3) is 20.2 Å². The van der Waals surface area contributed by atoms with Gasteiger partial charge in [0.1, 0.15) is 13.1 Å². The minimum atomic E-state index is -4.02. The van der Waals surface area contributed by atoms with Gasteiger partial charge in [-0.2, -0.15) is 26.0 Å². The molecule has 0 saturated carbocycles. The summed E-state index contributed by atoms with van der Waals surface area (Å²) >= 11 is 14.7. The molecule has 10 rings (SSSR count). The van der Waals surface area contributed by atoms with Crippen LogP contribution < -0.4 is 9.80 Å². The number of unbranched alkanes of at least 4 members (excludes halogenated alkanes) is 2. The van der Waals surface area contributed by atoms with Crippen molar-refractivity contribution in [1.29, 1.82) is 0 Å². The summed E-state index contributed by atoms with van der Waals surface area (Å²) in [6, 6.07) is 34.1. The zero-order chi connectivity index (χ0) is 64.2. The van der Waals surface area contributed by atoms with E-state index >= 15 is 0 Å². The quantitative estimate of drug-likeness (QED) is 0.0374. The molecule has 4 aromatic rings. The van der Waals surface area contributed by atoms with Gasteiger partial charge in [0.2, 0.25) is 11.4 Å². The van der Waals surface area contributed by atoms with E-state index in [-0.39, 0.29) is 33.2 Å². The molecular weight excluding hydrogens is 1210 g/mol. The lowest BCUT2D eigenvalue weighted by Gasteiger charge is -2.27. The van der Waals surface area contributed by atoms with Crippen molar-refractivity contribution in [3.05, 3.63) is 212 Å². The van der Waals surface area contributed by atoms with E-state index in [0.717, 1.165) is 93.7 Å². The molecule has 478 valence electrons. The average molecular weight is 1300 g/mol. The normalized spacial score (nSPS) is 21.2. The van der Waals surface area contributed by atoms with E-state index < -0.39 is 20.2 Å². The van der Waals surface area contributed by atoms with Crippen LogP contribution in [0.5, 0.6) is 0 Å². The summed E-state index contributed by atoms with van der Waals surface area (Å²) in [6.07, 6.45) is 25.1. The molecule has 0 amide bonds. The Kier molecular flexibility index (Phi) is 20.6. The third kappa shape index (κ3) is 14.5. The monoisotopic (exact) mass is 1300 g/mol. The van der Waals surface area contributed by atoms with Crippen LogP contribution in [0.25, 0.3) is 0 Å². The number of hydrogen-bond acceptors (Lipinski definition) is 8. The maximum Gasteiger partial charge on any atom is 0.264 e. The summed E-state index contributed by atoms with van der Waals surface area (Å²) in [7, 11) is -8.04. The van der Waals surface area contributed by atoms with Gasteiger partial charge in [-0.25, -0.2) is 0 Å². The minimum absolute atomic E-state index is 0.251. The van der Waals surface area contributed by atoms with Gasteiger partial charge in [0.05, 0.1) is 48.8 Å². The number of benzene rings is 4. The van der Waals surface area contributed by atoms with Crippen LogP contribution in [0.3, 0.4) is 0 Å². The van der Waals surface area contributed by atoms with Crippen molar-refractivity contribution in [2.45, 2.75) is 141 Å². The molecule has 4 aromatic carbocycles. The Morgan fingerprint density at radius 1 is 0.467 bits per heavy atom. The van der Waals surface area contributed by atoms with E-state index in [1.807, 2.05) is 12.1 Å². The molecule has 4 heterocycles. The molecule has 0 saturated heterocycles. The van der Waals surface area contributed by atoms with Crippen molar-refractivity contribution in [3.63, 3.8) is 0 Å². The summed E-state index contributed by atoms with van der Waals surface area (Å²) in [5.41, 5.74) is 17.6. The summed E-state index contributed by atoms with van der Waals surface area (Å²) in [6.45, 7) is 22.6. The lowest BCUT2D eigenvalue weighted by atomic mass is 9.81. The Hall–Kier alpha value is -5.94. The zero-order valence-electron chi connectivity index (χ0n) is 53.7. The number of para-hydroxylation sites is 4. The number of nitrogens with zero attached hydrogens (tertiary/aromatic N) is 4. The molecule has 4 aliphatic heterocycles. The Morgan fingerprint density at radius 3 is 1.22 bits per heavy atom. The van der Waals surface area contributed by atoms with Gasteiger partial charge < -0.3 is 19.3 Å². The summed E-state index contributed by atoms with van der Waals surface area (Å²) in [5, 5.41) is 1.57. The van der Waals surface area contributed by atoms with Gasteiger partial charge in [-0.3, -0.25) is 9.11 Å². The molecule has 0 unspecified atom stereocenters. The fraction of sp³-hybridized carbons (Fsp3) is 0.432. The number of rotatable bonds is 25. The van der Waals surface area contributed by atoms with E-state index in [4.69, 9.17) is 32.7 Å². The Bertz CT molecular complexity index is 3710. The summed E-state index contributed by atoms with van der Waals surface area (Å²) in [4.78, 5) is 4.79. The van der Waals surface area contributed by atoms with Gasteiger partial charge in [-0.15, -0.1) is 0 Å². The molecule has 0 radical (unpaired) electrons. The Labute approximate surface area is 545 Å². The molecule has 0 fully saturated rings. The van der Waals surface area contributed by atoms with Crippen LogP contribution in [-0.2, 0) is 51.4 Å². The van der Waals surface area contributed by atoms with E-state index in [9.17, 15) is 25.9 Å². The molecule has 12 nitrogen and oxygen atoms in total. The highest BCUT2D eigenvalue weighted by Crippen LogP contribution is 2.50. The largest absolute Gasteiger partial charge is 0.377 e. The highest BCUT2D eigenvalue weighted by Gasteiger charge is 2.46. The standard InChI is InChI=1S/C74H88Cl2N4O8S2/c1-71(2)57-27-9-13-31-61(57)77(43-17-19-51-89(81,82)83)65(71)39-35-53-23-21-25-55(69(53)75)37-41-67-73(5,6)59-29-11-15-33-63(59)79(67)45-47-87-49-50-88-48-46-80-64-34-16-12-30-60(64)74(7,8)68(80)42-38-56-26-22-24-54(70(56)76)36-40-66-72(3,4)58-28-10-14-32-62(58)78(66)44-18-20-52-90(84,85)86/h9-16,27-42H,17-26,43-52H2,1-8H3/p+2. The zero-order valence-corrected chi connectivity index (χ0v) is 56.8. The summed E-state index contributed by atoms with van der Waals surface area (Å²) in [5.74, 6) is -0.501. The molecule has 90 heavy (non-hydrogen) atoms. The highest BCUT2D eigenvalue weighted by molar-refractivity contribution is 7.86. The SMILES string of the molecule is CC1(C)C(/C=C/C2=C(Cl)C(=C\C=C3/N(CCOCCOCCN4/C(=C/C=C5/CCCC(/C=C/C6=[N+](CCCCS(=O)(=O)O)c7ccccc7C6(C)C)=C5Cl)C(C)(C)c5ccccc54)c4ccccc4C3(C)C)/CCC2)=[N+](CCCCS(=O)(=O)O)c2ccccc21. The molecule has 0 aromatic heterocycles. The maximum atomic E-state index is 11.5. The van der Waals surface area contributed by atoms with Crippen molar-refractivity contribution in [2.75, 3.05) is 73.9 Å². The van der Waals surface area contributed by atoms with E-state index in [1.54, 1.807) is 0 Å². The fourth-order valence-electron chi connectivity index (χ4n) is 14.4. The molecule has 0 spiro atoms. The topological polar surface area (TPSA) is 140 Å². The highest BCUT2D eigenvalue weighted by atomic mass is 35.5. The first-order valence-electron chi connectivity index (χ1n) is 32.1. The molecule has 6 aliphatic rings. The van der Waals surface area contributed by atoms with Gasteiger partial charge in [-0.1, -0.05) is 148 Å². The second-order valence-corrected chi connectivity index (χ2v) is 30.6. The molecule has 2 N–H and O–H groups in total. The number of halogens is 2. The van der Waals surface area contributed by atoms with Gasteiger partial charge in [0.15, 0.2) is 11.4 Å². The van der Waals surface area contributed by atoms with Crippen molar-refractivity contribution in [3.8, 4) is 0 Å². The Balaban J connectivity index is 0.782. The van der Waals surface area contributed by atoms with Crippen LogP contribution in [0.2, 0.25) is 0 Å². The molecule has 0 atom stereocenters. The van der Waals surface area contributed by atoms with Crippen LogP contribution >= 0.6 is 23.2 Å². The number of fused-ring (bicyclic) bond motifs is 4. The number of ether oxygens (including phenoxy) is 2. The second-order valence-electron chi connectivity index (χ2n) is 26.7. The first-order chi connectivity index (χ1) is 42.8. The molecule has 2 aliphatic carbocycles. The smallest absolute Gasteiger partial charge is 0.264 e. The van der Waals surface area contributed by atoms with Gasteiger partial charge in [0, 0.05) is 105 Å². The van der Waals surface area contributed by atoms with Crippen molar-refractivity contribution < 1.29 is 44.6 Å². The number of hydrogen-bond donors (Lipinski definition) is 2. The van der Waals surface area contributed by atoms with Crippen LogP contribution in [0, 0.1) is 0 Å². The molecular formula is C74H90Cl2N4O8S2+2. The number of allylic oxidation sites excluding steroid dienone is 16. The maximum absolute atomic E-state index is 11.5. The van der Waals surface area contributed by atoms with Crippen molar-refractivity contribution >= 4 is 77.6 Å². The van der Waals surface area contributed by atoms with E-state index in [0.29, 0.717) is 78.3 Å². The van der Waals surface area contributed by atoms with Gasteiger partial charge in [-0.05, 0) is 137 Å². The third-order valence-corrected chi connectivity index (χ3v) is 21.8. The summed E-state index contributed by atoms with van der Waals surface area (Å²) < 4.78 is 82.1. The van der Waals surface area contributed by atoms with Crippen LogP contribution in [0.1, 0.15) is 142 Å². The fourth-order valence-corrected chi connectivity index (χ4v) is 16.2. The lowest BCUT2D eigenvalue weighted by molar-refractivity contribution is -0.438. The van der Waals surface area contributed by atoms with Crippen molar-refractivity contribution in [2.24, 2.45) is 0 Å². The predicted molar refractivity (Wildman–Crippen MR) is 369 cm³/mol. The lowest BCUT2D eigenvalue weighted by Crippen LogP contribution is -2.30. The van der Waals surface area contributed by atoms with E-state index in [2.05, 4.69) is 208 Å². The van der Waals surface area contributed by atoms with Crippen molar-refractivity contribution in [1.82, 2.24) is 0 Å². The number of anilines is 2. The minimum Gasteiger partial charge on any atom is -0.377 e. The first kappa shape index (κ1) is 67.0. The Morgan fingerprint density at radius 2 is 0.833 bits per heavy atom. The average Bonchev–Trinajstić information content (AvgIpc) is 1.64. The van der Waals surface area contributed by atoms with Crippen LogP contribution in [-0.4, -0.2) is 111 Å².